The van der Waals surface area contributed by atoms with E-state index in [1.54, 1.807) is 12.1 Å². The number of H-pyrrole nitrogens is 1. The number of carbonyl (C=O) groups is 2. The van der Waals surface area contributed by atoms with E-state index in [-0.39, 0.29) is 17.5 Å². The minimum absolute atomic E-state index is 0.193. The first kappa shape index (κ1) is 21.0. The highest BCUT2D eigenvalue weighted by molar-refractivity contribution is 5.92. The Morgan fingerprint density at radius 1 is 1.17 bits per heavy atom. The van der Waals surface area contributed by atoms with Gasteiger partial charge in [-0.2, -0.15) is 0 Å². The van der Waals surface area contributed by atoms with Crippen LogP contribution in [0.4, 0.5) is 0 Å². The molecule has 1 atom stereocenters. The van der Waals surface area contributed by atoms with E-state index in [4.69, 9.17) is 18.9 Å². The van der Waals surface area contributed by atoms with Gasteiger partial charge >= 0.3 is 11.9 Å². The molecule has 2 N–H and O–H groups in total. The van der Waals surface area contributed by atoms with Gasteiger partial charge in [-0.3, -0.25) is 9.59 Å². The van der Waals surface area contributed by atoms with E-state index >= 15 is 0 Å². The maximum absolute atomic E-state index is 12.6. The van der Waals surface area contributed by atoms with E-state index in [0.717, 1.165) is 13.3 Å². The first-order valence-corrected chi connectivity index (χ1v) is 8.98. The van der Waals surface area contributed by atoms with Crippen LogP contribution in [0.2, 0.25) is 0 Å². The number of aromatic hydroxyl groups is 1. The summed E-state index contributed by atoms with van der Waals surface area (Å²) in [6, 6.07) is 3.17. The first-order valence-electron chi connectivity index (χ1n) is 8.98. The van der Waals surface area contributed by atoms with Gasteiger partial charge in [0, 0.05) is 12.1 Å². The Bertz CT molecular complexity index is 1010. The number of aromatic amines is 1. The fraction of sp³-hybridized carbons (Fsp3) is 0.350. The summed E-state index contributed by atoms with van der Waals surface area (Å²) in [5, 5.41) is 10.7. The molecule has 1 aromatic carbocycles. The highest BCUT2D eigenvalue weighted by Gasteiger charge is 2.30. The van der Waals surface area contributed by atoms with Gasteiger partial charge in [0.15, 0.2) is 11.5 Å². The van der Waals surface area contributed by atoms with Gasteiger partial charge in [0.05, 0.1) is 33.3 Å². The number of fused-ring (bicyclic) bond motifs is 1. The van der Waals surface area contributed by atoms with Crippen molar-refractivity contribution in [2.24, 2.45) is 0 Å². The summed E-state index contributed by atoms with van der Waals surface area (Å²) in [5.74, 6) is -1.95. The van der Waals surface area contributed by atoms with E-state index in [9.17, 15) is 19.5 Å². The Morgan fingerprint density at radius 2 is 1.90 bits per heavy atom. The number of rotatable bonds is 6. The largest absolute Gasteiger partial charge is 0.506 e. The fourth-order valence-electron chi connectivity index (χ4n) is 3.26. The van der Waals surface area contributed by atoms with E-state index in [0.29, 0.717) is 36.0 Å². The molecule has 160 valence electrons. The third-order valence-electron chi connectivity index (χ3n) is 4.71. The summed E-state index contributed by atoms with van der Waals surface area (Å²) in [7, 11) is 3.79. The molecule has 0 aliphatic carbocycles. The molecule has 1 aliphatic heterocycles. The van der Waals surface area contributed by atoms with Crippen LogP contribution in [0.1, 0.15) is 33.8 Å². The maximum Gasteiger partial charge on any atom is 0.343 e. The van der Waals surface area contributed by atoms with Gasteiger partial charge < -0.3 is 33.8 Å². The molecule has 3 rings (SSSR count). The molecule has 2 aromatic rings. The molecule has 2 heterocycles. The number of nitrogens with one attached hydrogen (secondary N) is 1. The van der Waals surface area contributed by atoms with Gasteiger partial charge in [-0.05, 0) is 17.7 Å². The normalized spacial score (nSPS) is 13.3. The summed E-state index contributed by atoms with van der Waals surface area (Å²) >= 11 is 0. The van der Waals surface area contributed by atoms with E-state index < -0.39 is 29.2 Å². The highest BCUT2D eigenvalue weighted by atomic mass is 16.6. The van der Waals surface area contributed by atoms with Crippen LogP contribution in [0.5, 0.6) is 23.0 Å². The number of pyridine rings is 1. The molecule has 0 spiro atoms. The molecule has 0 bridgehead atoms. The molecule has 0 amide bonds. The van der Waals surface area contributed by atoms with Crippen LogP contribution in [0.3, 0.4) is 0 Å². The van der Waals surface area contributed by atoms with Crippen molar-refractivity contribution >= 4 is 11.9 Å². The Kier molecular flexibility index (Phi) is 6.14. The van der Waals surface area contributed by atoms with Crippen molar-refractivity contribution in [2.75, 3.05) is 34.5 Å². The van der Waals surface area contributed by atoms with Crippen LogP contribution < -0.4 is 19.8 Å². The van der Waals surface area contributed by atoms with Crippen LogP contribution in [0.25, 0.3) is 0 Å². The monoisotopic (exact) mass is 419 g/mol. The third kappa shape index (κ3) is 3.88. The van der Waals surface area contributed by atoms with Crippen molar-refractivity contribution in [2.45, 2.75) is 12.3 Å². The zero-order chi connectivity index (χ0) is 21.8. The Hall–Kier alpha value is -3.69. The molecule has 1 aliphatic rings. The van der Waals surface area contributed by atoms with Gasteiger partial charge in [0.2, 0.25) is 5.75 Å². The van der Waals surface area contributed by atoms with Crippen LogP contribution >= 0.6 is 0 Å². The number of methoxy groups -OCH3 is 3. The fourth-order valence-corrected chi connectivity index (χ4v) is 3.26. The number of benzene rings is 1. The van der Waals surface area contributed by atoms with Crippen molar-refractivity contribution in [1.82, 2.24) is 4.98 Å². The number of ether oxygens (including phenoxy) is 5. The molecule has 0 radical (unpaired) electrons. The number of aromatic nitrogens is 1. The molecule has 10 nitrogen and oxygen atoms in total. The van der Waals surface area contributed by atoms with E-state index in [1.165, 1.54) is 14.2 Å². The minimum Gasteiger partial charge on any atom is -0.506 e. The lowest BCUT2D eigenvalue weighted by Crippen LogP contribution is -2.22. The average Bonchev–Trinajstić information content (AvgIpc) is 2.76. The quantitative estimate of drug-likeness (QED) is 0.665. The highest BCUT2D eigenvalue weighted by Crippen LogP contribution is 2.44. The van der Waals surface area contributed by atoms with Crippen LogP contribution in [0, 0.1) is 0 Å². The maximum atomic E-state index is 12.6. The molecule has 10 heteroatoms. The van der Waals surface area contributed by atoms with E-state index in [2.05, 4.69) is 9.72 Å². The minimum atomic E-state index is -0.976. The first-order chi connectivity index (χ1) is 14.4. The zero-order valence-corrected chi connectivity index (χ0v) is 16.6. The standard InChI is InChI=1S/C20H21NO9/c1-26-13-6-10(7-14-18(13)30-5-4-29-14)11(8-15(22)27-2)16-17(23)12(20(25)28-3)9-21-19(16)24/h6-7,9,11H,4-5,8H2,1-3H3,(H2,21,23,24). The lowest BCUT2D eigenvalue weighted by atomic mass is 9.87. The third-order valence-corrected chi connectivity index (χ3v) is 4.71. The molecule has 30 heavy (non-hydrogen) atoms. The lowest BCUT2D eigenvalue weighted by molar-refractivity contribution is -0.140. The summed E-state index contributed by atoms with van der Waals surface area (Å²) in [6.07, 6.45) is 0.757. The number of hydrogen-bond donors (Lipinski definition) is 2. The van der Waals surface area contributed by atoms with Crippen molar-refractivity contribution in [3.05, 3.63) is 45.4 Å². The van der Waals surface area contributed by atoms with Crippen LogP contribution in [-0.4, -0.2) is 56.6 Å². The predicted octanol–water partition coefficient (Wildman–Crippen LogP) is 1.34. The zero-order valence-electron chi connectivity index (χ0n) is 16.6. The van der Waals surface area contributed by atoms with Crippen molar-refractivity contribution in [3.8, 4) is 23.0 Å². The Morgan fingerprint density at radius 3 is 2.57 bits per heavy atom. The van der Waals surface area contributed by atoms with Crippen molar-refractivity contribution < 1.29 is 38.4 Å². The molecular weight excluding hydrogens is 398 g/mol. The van der Waals surface area contributed by atoms with Gasteiger partial charge in [-0.15, -0.1) is 0 Å². The van der Waals surface area contributed by atoms with Gasteiger partial charge in [-0.1, -0.05) is 0 Å². The van der Waals surface area contributed by atoms with Crippen LogP contribution in [0.15, 0.2) is 23.1 Å². The average molecular weight is 419 g/mol. The Balaban J connectivity index is 2.22. The molecule has 1 aromatic heterocycles. The topological polar surface area (TPSA) is 133 Å². The second-order valence-corrected chi connectivity index (χ2v) is 6.37. The van der Waals surface area contributed by atoms with E-state index in [1.807, 2.05) is 0 Å². The molecule has 0 saturated carbocycles. The summed E-state index contributed by atoms with van der Waals surface area (Å²) in [5.41, 5.74) is -0.694. The summed E-state index contributed by atoms with van der Waals surface area (Å²) < 4.78 is 26.0. The number of hydrogen-bond acceptors (Lipinski definition) is 9. The van der Waals surface area contributed by atoms with Gasteiger partial charge in [-0.25, -0.2) is 4.79 Å². The van der Waals surface area contributed by atoms with Crippen molar-refractivity contribution in [3.63, 3.8) is 0 Å². The van der Waals surface area contributed by atoms with Gasteiger partial charge in [0.25, 0.3) is 5.56 Å². The van der Waals surface area contributed by atoms with Crippen molar-refractivity contribution in [1.29, 1.82) is 0 Å². The smallest absolute Gasteiger partial charge is 0.343 e. The van der Waals surface area contributed by atoms with Gasteiger partial charge in [0.1, 0.15) is 24.5 Å². The summed E-state index contributed by atoms with van der Waals surface area (Å²) in [4.78, 5) is 39.1. The Labute approximate surface area is 171 Å². The summed E-state index contributed by atoms with van der Waals surface area (Å²) in [6.45, 7) is 0.654. The number of esters is 2. The SMILES string of the molecule is COC(=O)CC(c1cc(OC)c2c(c1)OCCO2)c1c(O)c(C(=O)OC)c[nH]c1=O. The molecule has 0 saturated heterocycles. The number of carbonyl (C=O) groups excluding carboxylic acids is 2. The molecular formula is C20H21NO9. The second kappa shape index (κ2) is 8.76. The molecule has 1 unspecified atom stereocenters. The predicted molar refractivity (Wildman–Crippen MR) is 103 cm³/mol. The molecule has 0 fully saturated rings. The van der Waals surface area contributed by atoms with Crippen LogP contribution in [-0.2, 0) is 14.3 Å². The second-order valence-electron chi connectivity index (χ2n) is 6.37. The lowest BCUT2D eigenvalue weighted by Gasteiger charge is -2.24.